The highest BCUT2D eigenvalue weighted by Crippen LogP contribution is 2.33. The van der Waals surface area contributed by atoms with Gasteiger partial charge in [0.05, 0.1) is 18.2 Å². The van der Waals surface area contributed by atoms with Crippen LogP contribution in [0.4, 0.5) is 4.79 Å². The van der Waals surface area contributed by atoms with Gasteiger partial charge in [0.25, 0.3) is 0 Å². The molecule has 0 spiro atoms. The Labute approximate surface area is 185 Å². The lowest BCUT2D eigenvalue weighted by atomic mass is 9.85. The highest BCUT2D eigenvalue weighted by atomic mass is 16.5. The quantitative estimate of drug-likeness (QED) is 0.682. The van der Waals surface area contributed by atoms with Crippen LogP contribution in [0.15, 0.2) is 35.5 Å². The number of hydrogen-bond donors (Lipinski definition) is 2. The number of urea groups is 1. The fraction of sp³-hybridized carbons (Fsp3) is 0.583. The van der Waals surface area contributed by atoms with E-state index in [1.807, 2.05) is 19.1 Å². The molecule has 1 unspecified atom stereocenters. The lowest BCUT2D eigenvalue weighted by Gasteiger charge is -2.39. The minimum absolute atomic E-state index is 0.0284. The summed E-state index contributed by atoms with van der Waals surface area (Å²) in [6.45, 7) is 15.1. The number of esters is 1. The molecular formula is C24H36N4O3. The number of hydrogen-bond acceptors (Lipinski definition) is 5. The predicted molar refractivity (Wildman–Crippen MR) is 122 cm³/mol. The molecule has 1 saturated heterocycles. The molecular weight excluding hydrogens is 392 g/mol. The Balaban J connectivity index is 2.06. The summed E-state index contributed by atoms with van der Waals surface area (Å²) in [4.78, 5) is 30.1. The zero-order chi connectivity index (χ0) is 22.6. The zero-order valence-electron chi connectivity index (χ0n) is 19.5. The fourth-order valence-corrected chi connectivity index (χ4v) is 4.16. The molecule has 31 heavy (non-hydrogen) atoms. The standard InChI is InChI=1S/C24H36N4O3/c1-6-28-19(16-27-14-12-25-13-15-27)20(22(29)31-7-2)21(26-23(28)30)17-8-10-18(11-9-17)24(3,4)5/h8-11,21,25H,6-7,12-16H2,1-5H3,(H,26,30). The van der Waals surface area contributed by atoms with Gasteiger partial charge in [-0.15, -0.1) is 0 Å². The molecule has 7 heteroatoms. The van der Waals surface area contributed by atoms with Gasteiger partial charge in [0, 0.05) is 45.0 Å². The van der Waals surface area contributed by atoms with Crippen LogP contribution in [0.3, 0.4) is 0 Å². The Morgan fingerprint density at radius 3 is 2.32 bits per heavy atom. The van der Waals surface area contributed by atoms with Gasteiger partial charge in [-0.25, -0.2) is 9.59 Å². The maximum Gasteiger partial charge on any atom is 0.338 e. The minimum Gasteiger partial charge on any atom is -0.463 e. The molecule has 1 aromatic rings. The van der Waals surface area contributed by atoms with Crippen molar-refractivity contribution >= 4 is 12.0 Å². The van der Waals surface area contributed by atoms with Crippen LogP contribution in [0.25, 0.3) is 0 Å². The van der Waals surface area contributed by atoms with Crippen molar-refractivity contribution in [3.05, 3.63) is 46.7 Å². The summed E-state index contributed by atoms with van der Waals surface area (Å²) in [5.41, 5.74) is 3.40. The number of piperazine rings is 1. The first-order valence-electron chi connectivity index (χ1n) is 11.3. The van der Waals surface area contributed by atoms with E-state index in [0.717, 1.165) is 37.4 Å². The van der Waals surface area contributed by atoms with E-state index in [2.05, 4.69) is 48.4 Å². The second-order valence-electron chi connectivity index (χ2n) is 9.11. The predicted octanol–water partition coefficient (Wildman–Crippen LogP) is 2.79. The number of benzene rings is 1. The van der Waals surface area contributed by atoms with Gasteiger partial charge in [-0.2, -0.15) is 0 Å². The molecule has 7 nitrogen and oxygen atoms in total. The van der Waals surface area contributed by atoms with Crippen molar-refractivity contribution in [2.45, 2.75) is 46.1 Å². The van der Waals surface area contributed by atoms with Crippen LogP contribution in [-0.2, 0) is 14.9 Å². The summed E-state index contributed by atoms with van der Waals surface area (Å²) < 4.78 is 5.45. The van der Waals surface area contributed by atoms with E-state index in [9.17, 15) is 9.59 Å². The van der Waals surface area contributed by atoms with Gasteiger partial charge in [-0.05, 0) is 30.4 Å². The molecule has 0 bridgehead atoms. The van der Waals surface area contributed by atoms with Crippen molar-refractivity contribution in [3.63, 3.8) is 0 Å². The van der Waals surface area contributed by atoms with E-state index in [1.165, 1.54) is 5.56 Å². The lowest BCUT2D eigenvalue weighted by molar-refractivity contribution is -0.139. The van der Waals surface area contributed by atoms with E-state index in [1.54, 1.807) is 11.8 Å². The van der Waals surface area contributed by atoms with E-state index in [-0.39, 0.29) is 17.4 Å². The molecule has 1 atom stereocenters. The van der Waals surface area contributed by atoms with Crippen molar-refractivity contribution in [1.29, 1.82) is 0 Å². The van der Waals surface area contributed by atoms with Crippen LogP contribution >= 0.6 is 0 Å². The Morgan fingerprint density at radius 1 is 1.13 bits per heavy atom. The summed E-state index contributed by atoms with van der Waals surface area (Å²) in [5, 5.41) is 6.40. The summed E-state index contributed by atoms with van der Waals surface area (Å²) in [5.74, 6) is -0.365. The smallest absolute Gasteiger partial charge is 0.338 e. The third kappa shape index (κ3) is 5.28. The van der Waals surface area contributed by atoms with E-state index < -0.39 is 6.04 Å². The monoisotopic (exact) mass is 428 g/mol. The molecule has 0 saturated carbocycles. The van der Waals surface area contributed by atoms with Crippen LogP contribution < -0.4 is 10.6 Å². The van der Waals surface area contributed by atoms with Crippen molar-refractivity contribution in [3.8, 4) is 0 Å². The van der Waals surface area contributed by atoms with Gasteiger partial charge < -0.3 is 15.4 Å². The summed E-state index contributed by atoms with van der Waals surface area (Å²) in [6, 6.07) is 7.47. The lowest BCUT2D eigenvalue weighted by Crippen LogP contribution is -2.52. The van der Waals surface area contributed by atoms with Crippen molar-refractivity contribution < 1.29 is 14.3 Å². The average molecular weight is 429 g/mol. The topological polar surface area (TPSA) is 73.9 Å². The number of carbonyl (C=O) groups is 2. The Morgan fingerprint density at radius 2 is 1.77 bits per heavy atom. The molecule has 170 valence electrons. The normalized spacial score (nSPS) is 20.6. The molecule has 1 fully saturated rings. The summed E-state index contributed by atoms with van der Waals surface area (Å²) in [6.07, 6.45) is 0. The van der Waals surface area contributed by atoms with Crippen LogP contribution in [0, 0.1) is 0 Å². The first kappa shape index (κ1) is 23.3. The molecule has 1 aromatic carbocycles. The molecule has 2 heterocycles. The maximum absolute atomic E-state index is 13.1. The summed E-state index contributed by atoms with van der Waals surface area (Å²) >= 11 is 0. The Hall–Kier alpha value is -2.38. The van der Waals surface area contributed by atoms with E-state index in [0.29, 0.717) is 25.3 Å². The largest absolute Gasteiger partial charge is 0.463 e. The third-order valence-electron chi connectivity index (χ3n) is 5.94. The van der Waals surface area contributed by atoms with E-state index >= 15 is 0 Å². The van der Waals surface area contributed by atoms with Crippen LogP contribution in [-0.4, -0.2) is 67.7 Å². The van der Waals surface area contributed by atoms with Crippen molar-refractivity contribution in [2.24, 2.45) is 0 Å². The first-order valence-corrected chi connectivity index (χ1v) is 11.3. The number of ether oxygens (including phenoxy) is 1. The Kier molecular flexibility index (Phi) is 7.38. The fourth-order valence-electron chi connectivity index (χ4n) is 4.16. The zero-order valence-corrected chi connectivity index (χ0v) is 19.5. The number of nitrogens with one attached hydrogen (secondary N) is 2. The van der Waals surface area contributed by atoms with E-state index in [4.69, 9.17) is 4.74 Å². The SMILES string of the molecule is CCOC(=O)C1=C(CN2CCNCC2)N(CC)C(=O)NC1c1ccc(C(C)(C)C)cc1. The molecule has 0 radical (unpaired) electrons. The maximum atomic E-state index is 13.1. The molecule has 2 N–H and O–H groups in total. The minimum atomic E-state index is -0.527. The third-order valence-corrected chi connectivity index (χ3v) is 5.94. The number of rotatable bonds is 6. The number of likely N-dealkylation sites (N-methyl/N-ethyl adjacent to an activating group) is 1. The molecule has 0 aromatic heterocycles. The number of nitrogens with zero attached hydrogens (tertiary/aromatic N) is 2. The second kappa shape index (κ2) is 9.83. The van der Waals surface area contributed by atoms with Crippen molar-refractivity contribution in [2.75, 3.05) is 45.9 Å². The van der Waals surface area contributed by atoms with Crippen molar-refractivity contribution in [1.82, 2.24) is 20.4 Å². The molecule has 2 aliphatic rings. The van der Waals surface area contributed by atoms with Gasteiger partial charge >= 0.3 is 12.0 Å². The number of carbonyl (C=O) groups excluding carboxylic acids is 2. The van der Waals surface area contributed by atoms with Crippen LogP contribution in [0.1, 0.15) is 51.8 Å². The van der Waals surface area contributed by atoms with Gasteiger partial charge in [0.1, 0.15) is 0 Å². The molecule has 2 aliphatic heterocycles. The van der Waals surface area contributed by atoms with Crippen LogP contribution in [0.2, 0.25) is 0 Å². The molecule has 0 aliphatic carbocycles. The average Bonchev–Trinajstić information content (AvgIpc) is 2.74. The van der Waals surface area contributed by atoms with Gasteiger partial charge in [-0.3, -0.25) is 9.80 Å². The molecule has 3 rings (SSSR count). The van der Waals surface area contributed by atoms with Crippen LogP contribution in [0.5, 0.6) is 0 Å². The van der Waals surface area contributed by atoms with Gasteiger partial charge in [0.15, 0.2) is 0 Å². The second-order valence-corrected chi connectivity index (χ2v) is 9.11. The highest BCUT2D eigenvalue weighted by molar-refractivity contribution is 5.95. The van der Waals surface area contributed by atoms with Gasteiger partial charge in [-0.1, -0.05) is 45.0 Å². The molecule has 2 amide bonds. The highest BCUT2D eigenvalue weighted by Gasteiger charge is 2.38. The van der Waals surface area contributed by atoms with Gasteiger partial charge in [0.2, 0.25) is 0 Å². The first-order chi connectivity index (χ1) is 14.8. The summed E-state index contributed by atoms with van der Waals surface area (Å²) in [7, 11) is 0. The Bertz CT molecular complexity index is 820. The number of amides is 2.